The molecule has 2 saturated heterocycles. The summed E-state index contributed by atoms with van der Waals surface area (Å²) in [5, 5.41) is 0. The number of Topliss-reactive ketones (excluding diaryl/α,β-unsaturated/α-hetero) is 1. The summed E-state index contributed by atoms with van der Waals surface area (Å²) in [5.74, 6) is 1.47. The van der Waals surface area contributed by atoms with Crippen molar-refractivity contribution in [3.8, 4) is 0 Å². The van der Waals surface area contributed by atoms with E-state index in [4.69, 9.17) is 0 Å². The van der Waals surface area contributed by atoms with E-state index >= 15 is 0 Å². The first-order valence-electron chi connectivity index (χ1n) is 7.10. The van der Waals surface area contributed by atoms with E-state index < -0.39 is 0 Å². The van der Waals surface area contributed by atoms with E-state index in [1.54, 1.807) is 0 Å². The molecule has 0 radical (unpaired) electrons. The van der Waals surface area contributed by atoms with E-state index in [9.17, 15) is 4.79 Å². The number of rotatable bonds is 2. The number of carbonyl (C=O) groups is 1. The Bertz CT molecular complexity index is 254. The molecule has 1 saturated carbocycles. The smallest absolute Gasteiger partial charge is 0.136 e. The first kappa shape index (κ1) is 10.8. The number of piperidine rings is 2. The SMILES string of the molecule is O=C1CC2CCCC(C1)N2CC1CCCC1. The van der Waals surface area contributed by atoms with Gasteiger partial charge in [0.2, 0.25) is 0 Å². The lowest BCUT2D eigenvalue weighted by Gasteiger charge is -2.46. The van der Waals surface area contributed by atoms with E-state index in [1.165, 1.54) is 51.5 Å². The van der Waals surface area contributed by atoms with E-state index in [1.807, 2.05) is 0 Å². The summed E-state index contributed by atoms with van der Waals surface area (Å²) < 4.78 is 0. The topological polar surface area (TPSA) is 20.3 Å². The summed E-state index contributed by atoms with van der Waals surface area (Å²) in [5.41, 5.74) is 0. The molecule has 2 bridgehead atoms. The third-order valence-electron chi connectivity index (χ3n) is 4.88. The third kappa shape index (κ3) is 2.04. The summed E-state index contributed by atoms with van der Waals surface area (Å²) in [6.07, 6.45) is 11.3. The second kappa shape index (κ2) is 4.48. The maximum atomic E-state index is 11.6. The molecule has 2 unspecified atom stereocenters. The Labute approximate surface area is 98.4 Å². The zero-order valence-electron chi connectivity index (χ0n) is 10.2. The van der Waals surface area contributed by atoms with Crippen LogP contribution in [0.25, 0.3) is 0 Å². The van der Waals surface area contributed by atoms with Crippen LogP contribution in [0.1, 0.15) is 57.8 Å². The Balaban J connectivity index is 1.66. The minimum absolute atomic E-state index is 0.525. The van der Waals surface area contributed by atoms with Gasteiger partial charge in [-0.25, -0.2) is 0 Å². The van der Waals surface area contributed by atoms with Gasteiger partial charge in [0.25, 0.3) is 0 Å². The monoisotopic (exact) mass is 221 g/mol. The molecule has 3 aliphatic rings. The quantitative estimate of drug-likeness (QED) is 0.714. The minimum Gasteiger partial charge on any atom is -0.300 e. The Morgan fingerprint density at radius 3 is 2.19 bits per heavy atom. The lowest BCUT2D eigenvalue weighted by molar-refractivity contribution is -0.127. The van der Waals surface area contributed by atoms with Crippen LogP contribution < -0.4 is 0 Å². The van der Waals surface area contributed by atoms with Crippen molar-refractivity contribution < 1.29 is 4.79 Å². The van der Waals surface area contributed by atoms with Gasteiger partial charge in [-0.05, 0) is 31.6 Å². The first-order valence-corrected chi connectivity index (χ1v) is 7.10. The fraction of sp³-hybridized carbons (Fsp3) is 0.929. The summed E-state index contributed by atoms with van der Waals surface area (Å²) >= 11 is 0. The van der Waals surface area contributed by atoms with Gasteiger partial charge in [0.05, 0.1) is 0 Å². The highest BCUT2D eigenvalue weighted by Crippen LogP contribution is 2.35. The molecule has 0 aromatic carbocycles. The van der Waals surface area contributed by atoms with Crippen molar-refractivity contribution in [3.05, 3.63) is 0 Å². The van der Waals surface area contributed by atoms with Gasteiger partial charge in [0.1, 0.15) is 5.78 Å². The van der Waals surface area contributed by atoms with Crippen LogP contribution in [0.5, 0.6) is 0 Å². The molecule has 16 heavy (non-hydrogen) atoms. The van der Waals surface area contributed by atoms with Crippen LogP contribution >= 0.6 is 0 Å². The van der Waals surface area contributed by atoms with E-state index in [0.29, 0.717) is 17.9 Å². The number of hydrogen-bond acceptors (Lipinski definition) is 2. The summed E-state index contributed by atoms with van der Waals surface area (Å²) in [7, 11) is 0. The van der Waals surface area contributed by atoms with Crippen molar-refractivity contribution in [2.75, 3.05) is 6.54 Å². The molecular weight excluding hydrogens is 198 g/mol. The molecular formula is C14H23NO. The highest BCUT2D eigenvalue weighted by Gasteiger charge is 2.38. The third-order valence-corrected chi connectivity index (χ3v) is 4.88. The van der Waals surface area contributed by atoms with Gasteiger partial charge in [-0.2, -0.15) is 0 Å². The second-order valence-corrected chi connectivity index (χ2v) is 6.03. The van der Waals surface area contributed by atoms with Crippen molar-refractivity contribution >= 4 is 5.78 Å². The van der Waals surface area contributed by atoms with Crippen LogP contribution in [0, 0.1) is 5.92 Å². The van der Waals surface area contributed by atoms with E-state index in [2.05, 4.69) is 4.90 Å². The van der Waals surface area contributed by atoms with Crippen molar-refractivity contribution in [2.24, 2.45) is 5.92 Å². The Kier molecular flexibility index (Phi) is 3.01. The Morgan fingerprint density at radius 1 is 0.938 bits per heavy atom. The fourth-order valence-electron chi connectivity index (χ4n) is 4.06. The molecule has 2 heterocycles. The van der Waals surface area contributed by atoms with Crippen LogP contribution in [0.4, 0.5) is 0 Å². The number of ketones is 1. The maximum Gasteiger partial charge on any atom is 0.136 e. The zero-order valence-corrected chi connectivity index (χ0v) is 10.2. The number of nitrogens with zero attached hydrogens (tertiary/aromatic N) is 1. The molecule has 1 aliphatic carbocycles. The van der Waals surface area contributed by atoms with Gasteiger partial charge < -0.3 is 0 Å². The van der Waals surface area contributed by atoms with Gasteiger partial charge in [0.15, 0.2) is 0 Å². The molecule has 0 spiro atoms. The minimum atomic E-state index is 0.525. The Morgan fingerprint density at radius 2 is 1.56 bits per heavy atom. The molecule has 2 atom stereocenters. The number of hydrogen-bond donors (Lipinski definition) is 0. The zero-order chi connectivity index (χ0) is 11.0. The van der Waals surface area contributed by atoms with Crippen molar-refractivity contribution in [1.82, 2.24) is 4.90 Å². The fourth-order valence-corrected chi connectivity index (χ4v) is 4.06. The predicted octanol–water partition coefficient (Wildman–Crippen LogP) is 2.76. The highest BCUT2D eigenvalue weighted by atomic mass is 16.1. The van der Waals surface area contributed by atoms with Gasteiger partial charge in [0, 0.05) is 31.5 Å². The first-order chi connectivity index (χ1) is 7.83. The molecule has 3 rings (SSSR count). The van der Waals surface area contributed by atoms with Crippen molar-refractivity contribution in [2.45, 2.75) is 69.9 Å². The van der Waals surface area contributed by atoms with E-state index in [0.717, 1.165) is 18.8 Å². The average molecular weight is 221 g/mol. The molecule has 0 N–H and O–H groups in total. The normalized spacial score (nSPS) is 36.9. The molecule has 90 valence electrons. The van der Waals surface area contributed by atoms with Crippen molar-refractivity contribution in [3.63, 3.8) is 0 Å². The van der Waals surface area contributed by atoms with Gasteiger partial charge in [-0.15, -0.1) is 0 Å². The molecule has 2 aliphatic heterocycles. The molecule has 3 fully saturated rings. The van der Waals surface area contributed by atoms with Crippen LogP contribution in [-0.2, 0) is 4.79 Å². The standard InChI is InChI=1S/C14H23NO/c16-14-8-12-6-3-7-13(9-14)15(12)10-11-4-1-2-5-11/h11-13H,1-10H2. The summed E-state index contributed by atoms with van der Waals surface area (Å²) in [6, 6.07) is 1.22. The molecule has 2 nitrogen and oxygen atoms in total. The molecule has 2 heteroatoms. The largest absolute Gasteiger partial charge is 0.300 e. The van der Waals surface area contributed by atoms with Crippen LogP contribution in [0.2, 0.25) is 0 Å². The predicted molar refractivity (Wildman–Crippen MR) is 64.3 cm³/mol. The second-order valence-electron chi connectivity index (χ2n) is 6.03. The van der Waals surface area contributed by atoms with E-state index in [-0.39, 0.29) is 0 Å². The number of carbonyl (C=O) groups excluding carboxylic acids is 1. The average Bonchev–Trinajstić information content (AvgIpc) is 2.72. The van der Waals surface area contributed by atoms with Crippen molar-refractivity contribution in [1.29, 1.82) is 0 Å². The highest BCUT2D eigenvalue weighted by molar-refractivity contribution is 5.80. The van der Waals surface area contributed by atoms with Crippen LogP contribution in [-0.4, -0.2) is 29.3 Å². The molecule has 0 amide bonds. The van der Waals surface area contributed by atoms with Crippen LogP contribution in [0.15, 0.2) is 0 Å². The summed E-state index contributed by atoms with van der Waals surface area (Å²) in [4.78, 5) is 14.3. The van der Waals surface area contributed by atoms with Gasteiger partial charge >= 0.3 is 0 Å². The lowest BCUT2D eigenvalue weighted by Crippen LogP contribution is -2.53. The lowest BCUT2D eigenvalue weighted by atomic mass is 9.83. The van der Waals surface area contributed by atoms with Gasteiger partial charge in [-0.1, -0.05) is 19.3 Å². The molecule has 0 aromatic rings. The molecule has 0 aromatic heterocycles. The van der Waals surface area contributed by atoms with Crippen LogP contribution in [0.3, 0.4) is 0 Å². The Hall–Kier alpha value is -0.370. The summed E-state index contributed by atoms with van der Waals surface area (Å²) in [6.45, 7) is 1.29. The van der Waals surface area contributed by atoms with Gasteiger partial charge in [-0.3, -0.25) is 9.69 Å². The maximum absolute atomic E-state index is 11.6. The number of fused-ring (bicyclic) bond motifs is 2.